The van der Waals surface area contributed by atoms with E-state index in [1.165, 1.54) is 0 Å². The maximum Gasteiger partial charge on any atom is 0.160 e. The summed E-state index contributed by atoms with van der Waals surface area (Å²) in [4.78, 5) is 14.8. The van der Waals surface area contributed by atoms with Gasteiger partial charge in [-0.1, -0.05) is 152 Å². The number of fused-ring (bicyclic) bond motifs is 7. The Hall–Kier alpha value is -8.15. The molecule has 0 saturated heterocycles. The lowest BCUT2D eigenvalue weighted by molar-refractivity contribution is 0.668. The van der Waals surface area contributed by atoms with E-state index in [9.17, 15) is 0 Å². The highest BCUT2D eigenvalue weighted by Gasteiger charge is 2.21. The summed E-state index contributed by atoms with van der Waals surface area (Å²) >= 11 is 0. The van der Waals surface area contributed by atoms with Gasteiger partial charge in [0.2, 0.25) is 0 Å². The van der Waals surface area contributed by atoms with E-state index in [0.717, 1.165) is 116 Å². The van der Waals surface area contributed by atoms with Gasteiger partial charge in [-0.3, -0.25) is 4.98 Å². The Morgan fingerprint density at radius 2 is 0.883 bits per heavy atom. The first-order valence-corrected chi connectivity index (χ1v) is 20.1. The van der Waals surface area contributed by atoms with Crippen molar-refractivity contribution in [2.24, 2.45) is 0 Å². The Morgan fingerprint density at radius 1 is 0.333 bits per heavy atom. The first-order chi connectivity index (χ1) is 29.7. The lowest BCUT2D eigenvalue weighted by Gasteiger charge is -2.12. The minimum absolute atomic E-state index is 0.668. The normalized spacial score (nSPS) is 11.7. The molecule has 5 heteroatoms. The van der Waals surface area contributed by atoms with Crippen LogP contribution in [-0.4, -0.2) is 15.0 Å². The Balaban J connectivity index is 0.956. The highest BCUT2D eigenvalue weighted by atomic mass is 16.3. The van der Waals surface area contributed by atoms with Gasteiger partial charge in [0.15, 0.2) is 5.82 Å². The number of rotatable bonds is 6. The van der Waals surface area contributed by atoms with Gasteiger partial charge in [0.05, 0.1) is 16.9 Å². The molecule has 0 aliphatic carbocycles. The van der Waals surface area contributed by atoms with E-state index in [1.54, 1.807) is 0 Å². The van der Waals surface area contributed by atoms with E-state index in [4.69, 9.17) is 18.8 Å². The number of nitrogens with zero attached hydrogens (tertiary/aromatic N) is 3. The smallest absolute Gasteiger partial charge is 0.160 e. The van der Waals surface area contributed by atoms with Crippen LogP contribution in [0.5, 0.6) is 0 Å². The third-order valence-electron chi connectivity index (χ3n) is 11.6. The van der Waals surface area contributed by atoms with Gasteiger partial charge in [0, 0.05) is 55.4 Å². The van der Waals surface area contributed by atoms with E-state index in [-0.39, 0.29) is 0 Å². The predicted octanol–water partition coefficient (Wildman–Crippen LogP) is 14.8. The second-order valence-corrected chi connectivity index (χ2v) is 15.1. The molecule has 60 heavy (non-hydrogen) atoms. The second kappa shape index (κ2) is 13.8. The minimum atomic E-state index is 0.668. The third kappa shape index (κ3) is 5.59. The van der Waals surface area contributed by atoms with Crippen LogP contribution in [0.4, 0.5) is 0 Å². The summed E-state index contributed by atoms with van der Waals surface area (Å²) in [6, 6.07) is 67.1. The third-order valence-corrected chi connectivity index (χ3v) is 11.6. The monoisotopic (exact) mass is 767 g/mol. The zero-order valence-corrected chi connectivity index (χ0v) is 32.2. The van der Waals surface area contributed by atoms with Crippen LogP contribution in [0.2, 0.25) is 0 Å². The first-order valence-electron chi connectivity index (χ1n) is 20.1. The molecular weight excluding hydrogens is 735 g/mol. The van der Waals surface area contributed by atoms with Gasteiger partial charge in [-0.2, -0.15) is 0 Å². The van der Waals surface area contributed by atoms with Crippen molar-refractivity contribution in [3.05, 3.63) is 200 Å². The number of hydrogen-bond donors (Lipinski definition) is 0. The van der Waals surface area contributed by atoms with Gasteiger partial charge >= 0.3 is 0 Å². The first kappa shape index (κ1) is 33.9. The quantitative estimate of drug-likeness (QED) is 0.169. The lowest BCUT2D eigenvalue weighted by atomic mass is 9.92. The molecule has 0 fully saturated rings. The zero-order chi connectivity index (χ0) is 39.6. The Bertz CT molecular complexity index is 3580. The van der Waals surface area contributed by atoms with Crippen LogP contribution < -0.4 is 0 Å². The minimum Gasteiger partial charge on any atom is -0.456 e. The van der Waals surface area contributed by atoms with Crippen molar-refractivity contribution in [3.8, 4) is 67.3 Å². The molecular formula is C55H33N3O2. The van der Waals surface area contributed by atoms with Gasteiger partial charge in [0.25, 0.3) is 0 Å². The van der Waals surface area contributed by atoms with Crippen LogP contribution in [-0.2, 0) is 0 Å². The van der Waals surface area contributed by atoms with Crippen LogP contribution in [0.3, 0.4) is 0 Å². The summed E-state index contributed by atoms with van der Waals surface area (Å²) in [5.41, 5.74) is 15.7. The van der Waals surface area contributed by atoms with E-state index >= 15 is 0 Å². The molecule has 280 valence electrons. The Kier molecular flexibility index (Phi) is 7.78. The van der Waals surface area contributed by atoms with Crippen LogP contribution in [0.1, 0.15) is 0 Å². The van der Waals surface area contributed by atoms with Gasteiger partial charge in [-0.25, -0.2) is 9.97 Å². The molecule has 0 aliphatic rings. The molecule has 0 bridgehead atoms. The molecule has 8 aromatic carbocycles. The summed E-state index contributed by atoms with van der Waals surface area (Å²) in [7, 11) is 0. The molecule has 0 spiro atoms. The van der Waals surface area contributed by atoms with E-state index < -0.39 is 0 Å². The van der Waals surface area contributed by atoms with Crippen molar-refractivity contribution in [3.63, 3.8) is 0 Å². The number of pyridine rings is 1. The molecule has 12 rings (SSSR count). The van der Waals surface area contributed by atoms with Crippen molar-refractivity contribution in [1.82, 2.24) is 15.0 Å². The number of aromatic nitrogens is 3. The molecule has 4 aromatic heterocycles. The molecule has 0 aliphatic heterocycles. The predicted molar refractivity (Wildman–Crippen MR) is 245 cm³/mol. The molecule has 0 saturated carbocycles. The van der Waals surface area contributed by atoms with Crippen LogP contribution in [0.25, 0.3) is 122 Å². The molecule has 0 unspecified atom stereocenters. The van der Waals surface area contributed by atoms with Crippen molar-refractivity contribution in [2.75, 3.05) is 0 Å². The zero-order valence-electron chi connectivity index (χ0n) is 32.2. The van der Waals surface area contributed by atoms with E-state index in [1.807, 2.05) is 66.9 Å². The summed E-state index contributed by atoms with van der Waals surface area (Å²) in [6.45, 7) is 0. The maximum atomic E-state index is 6.74. The molecule has 12 aromatic rings. The average Bonchev–Trinajstić information content (AvgIpc) is 3.91. The number of furan rings is 2. The average molecular weight is 768 g/mol. The molecule has 0 radical (unpaired) electrons. The van der Waals surface area contributed by atoms with Crippen LogP contribution in [0, 0.1) is 0 Å². The van der Waals surface area contributed by atoms with Crippen molar-refractivity contribution >= 4 is 54.8 Å². The van der Waals surface area contributed by atoms with Gasteiger partial charge in [-0.15, -0.1) is 0 Å². The summed E-state index contributed by atoms with van der Waals surface area (Å²) in [5, 5.41) is 5.49. The molecule has 0 amide bonds. The SMILES string of the molecule is c1ccc(-c2cc(-c3ccc(-c4ccc(-c5cccc6oc7ccccc7c56)c5c4oc4ccccc45)cc3)nc(-c3ccc(-c4ccnc5ccccc45)cc3)n2)cc1. The standard InChI is InChI=1S/C55H33N3O2/c1-2-11-36(12-3-1)47-33-48(58-55(57-47)38-27-23-34(24-28-38)39-31-32-56-46-17-7-4-13-41(39)46)37-25-21-35(22-26-37)40-29-30-43(53-45-15-6-9-19-50(45)60-54(40)53)42-16-10-20-51-52(42)44-14-5-8-18-49(44)59-51/h1-33H. The van der Waals surface area contributed by atoms with Crippen LogP contribution in [0.15, 0.2) is 209 Å². The summed E-state index contributed by atoms with van der Waals surface area (Å²) in [5.74, 6) is 0.668. The highest BCUT2D eigenvalue weighted by Crippen LogP contribution is 2.45. The van der Waals surface area contributed by atoms with Crippen molar-refractivity contribution < 1.29 is 8.83 Å². The molecule has 5 nitrogen and oxygen atoms in total. The van der Waals surface area contributed by atoms with E-state index in [0.29, 0.717) is 5.82 Å². The van der Waals surface area contributed by atoms with Crippen LogP contribution >= 0.6 is 0 Å². The van der Waals surface area contributed by atoms with Gasteiger partial charge < -0.3 is 8.83 Å². The fraction of sp³-hybridized carbons (Fsp3) is 0. The fourth-order valence-corrected chi connectivity index (χ4v) is 8.73. The molecule has 0 N–H and O–H groups in total. The fourth-order valence-electron chi connectivity index (χ4n) is 8.73. The second-order valence-electron chi connectivity index (χ2n) is 15.1. The van der Waals surface area contributed by atoms with Crippen molar-refractivity contribution in [2.45, 2.75) is 0 Å². The van der Waals surface area contributed by atoms with Gasteiger partial charge in [-0.05, 0) is 70.3 Å². The Labute approximate surface area is 344 Å². The number of hydrogen-bond acceptors (Lipinski definition) is 5. The van der Waals surface area contributed by atoms with E-state index in [2.05, 4.69) is 138 Å². The number of benzene rings is 8. The highest BCUT2D eigenvalue weighted by molar-refractivity contribution is 6.21. The number of para-hydroxylation sites is 3. The Morgan fingerprint density at radius 3 is 1.65 bits per heavy atom. The molecule has 0 atom stereocenters. The summed E-state index contributed by atoms with van der Waals surface area (Å²) in [6.07, 6.45) is 1.87. The largest absolute Gasteiger partial charge is 0.456 e. The van der Waals surface area contributed by atoms with Gasteiger partial charge in [0.1, 0.15) is 22.3 Å². The maximum absolute atomic E-state index is 6.74. The topological polar surface area (TPSA) is 65.0 Å². The lowest BCUT2D eigenvalue weighted by Crippen LogP contribution is -1.96. The molecule has 4 heterocycles. The summed E-state index contributed by atoms with van der Waals surface area (Å²) < 4.78 is 13.0. The van der Waals surface area contributed by atoms with Crippen molar-refractivity contribution in [1.29, 1.82) is 0 Å².